The normalized spacial score (nSPS) is 23.1. The molecule has 1 N–H and O–H groups in total. The molecule has 1 atom stereocenters. The van der Waals surface area contributed by atoms with E-state index in [4.69, 9.17) is 0 Å². The molecule has 1 aromatic carbocycles. The first-order valence-corrected chi connectivity index (χ1v) is 7.15. The van der Waals surface area contributed by atoms with Crippen LogP contribution in [0.1, 0.15) is 43.0 Å². The zero-order chi connectivity index (χ0) is 13.9. The zero-order valence-electron chi connectivity index (χ0n) is 11.6. The third-order valence-electron chi connectivity index (χ3n) is 4.08. The average molecular weight is 270 g/mol. The Labute approximate surface area is 119 Å². The quantitative estimate of drug-likeness (QED) is 0.913. The maximum absolute atomic E-state index is 13.2. The molecule has 1 aromatic heterocycles. The average Bonchev–Trinajstić information content (AvgIpc) is 2.43. The van der Waals surface area contributed by atoms with Crippen LogP contribution in [-0.4, -0.2) is 11.0 Å². The highest BCUT2D eigenvalue weighted by molar-refractivity contribution is 5.24. The molecule has 0 amide bonds. The minimum atomic E-state index is -0.138. The molecular weight excluding hydrogens is 251 g/mol. The van der Waals surface area contributed by atoms with E-state index in [0.29, 0.717) is 12.0 Å². The second-order valence-corrected chi connectivity index (χ2v) is 5.56. The van der Waals surface area contributed by atoms with Gasteiger partial charge >= 0.3 is 0 Å². The van der Waals surface area contributed by atoms with Crippen molar-refractivity contribution in [1.82, 2.24) is 10.3 Å². The maximum atomic E-state index is 13.2. The summed E-state index contributed by atoms with van der Waals surface area (Å²) in [6.07, 6.45) is 3.96. The molecule has 1 saturated carbocycles. The van der Waals surface area contributed by atoms with Gasteiger partial charge < -0.3 is 5.32 Å². The third-order valence-corrected chi connectivity index (χ3v) is 4.08. The van der Waals surface area contributed by atoms with Crippen molar-refractivity contribution >= 4 is 0 Å². The first-order valence-electron chi connectivity index (χ1n) is 7.15. The van der Waals surface area contributed by atoms with Gasteiger partial charge in [-0.2, -0.15) is 0 Å². The van der Waals surface area contributed by atoms with E-state index >= 15 is 0 Å². The van der Waals surface area contributed by atoms with Crippen molar-refractivity contribution in [3.63, 3.8) is 0 Å². The number of hydrogen-bond acceptors (Lipinski definition) is 2. The number of rotatable bonds is 4. The Hall–Kier alpha value is -1.74. The number of halogens is 1. The van der Waals surface area contributed by atoms with E-state index in [1.54, 1.807) is 12.1 Å². The van der Waals surface area contributed by atoms with Crippen LogP contribution in [0.5, 0.6) is 0 Å². The summed E-state index contributed by atoms with van der Waals surface area (Å²) >= 11 is 0. The summed E-state index contributed by atoms with van der Waals surface area (Å²) in [4.78, 5) is 4.37. The highest BCUT2D eigenvalue weighted by Crippen LogP contribution is 2.37. The Balaban J connectivity index is 1.54. The molecular formula is C17H19FN2. The summed E-state index contributed by atoms with van der Waals surface area (Å²) in [6, 6.07) is 13.7. The van der Waals surface area contributed by atoms with E-state index in [1.807, 2.05) is 30.5 Å². The van der Waals surface area contributed by atoms with Gasteiger partial charge in [0.05, 0.1) is 5.69 Å². The first kappa shape index (κ1) is 13.3. The van der Waals surface area contributed by atoms with Gasteiger partial charge in [-0.05, 0) is 55.5 Å². The van der Waals surface area contributed by atoms with Crippen LogP contribution in [0, 0.1) is 5.82 Å². The number of nitrogens with one attached hydrogen (secondary N) is 1. The molecule has 1 heterocycles. The van der Waals surface area contributed by atoms with Crippen molar-refractivity contribution in [2.45, 2.75) is 37.8 Å². The number of nitrogens with zero attached hydrogens (tertiary/aromatic N) is 1. The highest BCUT2D eigenvalue weighted by atomic mass is 19.1. The molecule has 0 unspecified atom stereocenters. The lowest BCUT2D eigenvalue weighted by atomic mass is 9.75. The van der Waals surface area contributed by atoms with Crippen LogP contribution >= 0.6 is 0 Å². The van der Waals surface area contributed by atoms with E-state index in [-0.39, 0.29) is 11.9 Å². The first-order chi connectivity index (χ1) is 9.72. The largest absolute Gasteiger partial charge is 0.306 e. The van der Waals surface area contributed by atoms with Crippen molar-refractivity contribution in [2.24, 2.45) is 0 Å². The van der Waals surface area contributed by atoms with E-state index in [0.717, 1.165) is 24.1 Å². The molecule has 104 valence electrons. The molecule has 0 saturated heterocycles. The molecule has 0 radical (unpaired) electrons. The van der Waals surface area contributed by atoms with Crippen molar-refractivity contribution in [2.75, 3.05) is 0 Å². The van der Waals surface area contributed by atoms with Gasteiger partial charge in [0.2, 0.25) is 0 Å². The van der Waals surface area contributed by atoms with Crippen LogP contribution in [0.2, 0.25) is 0 Å². The van der Waals surface area contributed by atoms with Crippen molar-refractivity contribution in [3.8, 4) is 0 Å². The maximum Gasteiger partial charge on any atom is 0.123 e. The van der Waals surface area contributed by atoms with Gasteiger partial charge in [-0.15, -0.1) is 0 Å². The molecule has 20 heavy (non-hydrogen) atoms. The van der Waals surface area contributed by atoms with E-state index in [2.05, 4.69) is 17.2 Å². The minimum Gasteiger partial charge on any atom is -0.306 e. The second-order valence-electron chi connectivity index (χ2n) is 5.56. The van der Waals surface area contributed by atoms with Crippen LogP contribution in [0.3, 0.4) is 0 Å². The SMILES string of the molecule is C[C@@H](NC1CC(c2cccc(F)c2)C1)c1ccccn1. The summed E-state index contributed by atoms with van der Waals surface area (Å²) in [6.45, 7) is 2.14. The molecule has 0 spiro atoms. The smallest absolute Gasteiger partial charge is 0.123 e. The predicted molar refractivity (Wildman–Crippen MR) is 78.0 cm³/mol. The number of pyridine rings is 1. The monoisotopic (exact) mass is 270 g/mol. The Morgan fingerprint density at radius 1 is 1.20 bits per heavy atom. The molecule has 1 aliphatic rings. The van der Waals surface area contributed by atoms with Crippen LogP contribution in [-0.2, 0) is 0 Å². The summed E-state index contributed by atoms with van der Waals surface area (Å²) in [5.41, 5.74) is 2.19. The fourth-order valence-corrected chi connectivity index (χ4v) is 2.86. The molecule has 3 heteroatoms. The Morgan fingerprint density at radius 3 is 2.75 bits per heavy atom. The fourth-order valence-electron chi connectivity index (χ4n) is 2.86. The van der Waals surface area contributed by atoms with Crippen LogP contribution in [0.25, 0.3) is 0 Å². The van der Waals surface area contributed by atoms with Crippen LogP contribution in [0.15, 0.2) is 48.7 Å². The van der Waals surface area contributed by atoms with Gasteiger partial charge in [0.15, 0.2) is 0 Å². The molecule has 1 aliphatic carbocycles. The topological polar surface area (TPSA) is 24.9 Å². The van der Waals surface area contributed by atoms with Crippen molar-refractivity contribution in [1.29, 1.82) is 0 Å². The summed E-state index contributed by atoms with van der Waals surface area (Å²) in [7, 11) is 0. The molecule has 0 aliphatic heterocycles. The molecule has 0 bridgehead atoms. The highest BCUT2D eigenvalue weighted by Gasteiger charge is 2.31. The second kappa shape index (κ2) is 5.71. The Kier molecular flexibility index (Phi) is 3.79. The lowest BCUT2D eigenvalue weighted by molar-refractivity contribution is 0.269. The number of benzene rings is 1. The number of aromatic nitrogens is 1. The van der Waals surface area contributed by atoms with Crippen LogP contribution in [0.4, 0.5) is 4.39 Å². The Morgan fingerprint density at radius 2 is 2.05 bits per heavy atom. The van der Waals surface area contributed by atoms with E-state index < -0.39 is 0 Å². The van der Waals surface area contributed by atoms with E-state index in [9.17, 15) is 4.39 Å². The number of hydrogen-bond donors (Lipinski definition) is 1. The van der Waals surface area contributed by atoms with Gasteiger partial charge in [-0.25, -0.2) is 4.39 Å². The Bertz CT molecular complexity index is 564. The molecule has 2 nitrogen and oxygen atoms in total. The van der Waals surface area contributed by atoms with E-state index in [1.165, 1.54) is 6.07 Å². The van der Waals surface area contributed by atoms with Gasteiger partial charge in [0.25, 0.3) is 0 Å². The van der Waals surface area contributed by atoms with Crippen molar-refractivity contribution in [3.05, 3.63) is 65.7 Å². The lowest BCUT2D eigenvalue weighted by Gasteiger charge is -2.38. The minimum absolute atomic E-state index is 0.138. The van der Waals surface area contributed by atoms with Gasteiger partial charge in [0.1, 0.15) is 5.82 Å². The predicted octanol–water partition coefficient (Wildman–Crippen LogP) is 3.82. The summed E-state index contributed by atoms with van der Waals surface area (Å²) in [5, 5.41) is 3.59. The molecule has 1 fully saturated rings. The van der Waals surface area contributed by atoms with Crippen LogP contribution < -0.4 is 5.32 Å². The summed E-state index contributed by atoms with van der Waals surface area (Å²) < 4.78 is 13.2. The third kappa shape index (κ3) is 2.88. The lowest BCUT2D eigenvalue weighted by Crippen LogP contribution is -2.41. The van der Waals surface area contributed by atoms with Gasteiger partial charge in [-0.3, -0.25) is 4.98 Å². The molecule has 3 rings (SSSR count). The summed E-state index contributed by atoms with van der Waals surface area (Å²) in [5.74, 6) is 0.347. The fraction of sp³-hybridized carbons (Fsp3) is 0.353. The van der Waals surface area contributed by atoms with Crippen molar-refractivity contribution < 1.29 is 4.39 Å². The van der Waals surface area contributed by atoms with Gasteiger partial charge in [-0.1, -0.05) is 18.2 Å². The molecule has 2 aromatic rings. The van der Waals surface area contributed by atoms with Gasteiger partial charge in [0, 0.05) is 18.3 Å². The zero-order valence-corrected chi connectivity index (χ0v) is 11.6. The standard InChI is InChI=1S/C17H19FN2/c1-12(17-7-2-3-8-19-17)20-16-10-14(11-16)13-5-4-6-15(18)9-13/h2-9,12,14,16,20H,10-11H2,1H3/t12-,14?,16?/m1/s1.